The third-order valence-electron chi connectivity index (χ3n) is 3.36. The zero-order chi connectivity index (χ0) is 15.3. The van der Waals surface area contributed by atoms with Crippen LogP contribution in [0.1, 0.15) is 24.1 Å². The first kappa shape index (κ1) is 15.7. The lowest BCUT2D eigenvalue weighted by atomic mass is 9.99. The van der Waals surface area contributed by atoms with Crippen LogP contribution in [0, 0.1) is 0 Å². The molecular weight excluding hydrogens is 284 g/mol. The first-order chi connectivity index (χ1) is 10.0. The molecule has 0 aliphatic heterocycles. The van der Waals surface area contributed by atoms with Crippen LogP contribution in [0.15, 0.2) is 59.5 Å². The molecule has 0 aliphatic rings. The third kappa shape index (κ3) is 4.14. The average Bonchev–Trinajstić information content (AvgIpc) is 2.47. The Hall–Kier alpha value is -1.69. The van der Waals surface area contributed by atoms with Gasteiger partial charge in [0.05, 0.1) is 4.90 Å². The average molecular weight is 304 g/mol. The number of rotatable bonds is 6. The Labute approximate surface area is 126 Å². The van der Waals surface area contributed by atoms with E-state index in [0.29, 0.717) is 6.42 Å². The van der Waals surface area contributed by atoms with Gasteiger partial charge in [-0.3, -0.25) is 0 Å². The van der Waals surface area contributed by atoms with Gasteiger partial charge in [0.25, 0.3) is 0 Å². The molecule has 5 heteroatoms. The molecule has 112 valence electrons. The molecule has 0 saturated carbocycles. The Morgan fingerprint density at radius 1 is 1.05 bits per heavy atom. The molecule has 0 fully saturated rings. The molecule has 0 aromatic heterocycles. The van der Waals surface area contributed by atoms with Crippen molar-refractivity contribution in [3.63, 3.8) is 0 Å². The molecule has 0 amide bonds. The lowest BCUT2D eigenvalue weighted by molar-refractivity contribution is 0.544. The summed E-state index contributed by atoms with van der Waals surface area (Å²) in [5.41, 5.74) is 1.86. The summed E-state index contributed by atoms with van der Waals surface area (Å²) in [5, 5.41) is 8.69. The van der Waals surface area contributed by atoms with E-state index in [1.165, 1.54) is 0 Å². The SMILES string of the molecule is CCNC(Cc1ccccc1S(N)(=O)=O)c1ccccc1. The molecule has 0 bridgehead atoms. The molecule has 2 aromatic rings. The quantitative estimate of drug-likeness (QED) is 0.859. The van der Waals surface area contributed by atoms with Gasteiger partial charge >= 0.3 is 0 Å². The van der Waals surface area contributed by atoms with Crippen LogP contribution in [0.4, 0.5) is 0 Å². The monoisotopic (exact) mass is 304 g/mol. The zero-order valence-corrected chi connectivity index (χ0v) is 12.8. The van der Waals surface area contributed by atoms with Gasteiger partial charge in [-0.15, -0.1) is 0 Å². The van der Waals surface area contributed by atoms with Gasteiger partial charge in [0, 0.05) is 6.04 Å². The summed E-state index contributed by atoms with van der Waals surface area (Å²) < 4.78 is 23.4. The van der Waals surface area contributed by atoms with E-state index in [-0.39, 0.29) is 10.9 Å². The molecule has 3 N–H and O–H groups in total. The molecule has 0 spiro atoms. The number of primary sulfonamides is 1. The molecule has 1 atom stereocenters. The van der Waals surface area contributed by atoms with Crippen molar-refractivity contribution in [2.45, 2.75) is 24.3 Å². The molecule has 0 saturated heterocycles. The third-order valence-corrected chi connectivity index (χ3v) is 4.37. The van der Waals surface area contributed by atoms with E-state index in [4.69, 9.17) is 5.14 Å². The van der Waals surface area contributed by atoms with Crippen molar-refractivity contribution in [1.29, 1.82) is 0 Å². The van der Waals surface area contributed by atoms with Crippen molar-refractivity contribution in [3.05, 3.63) is 65.7 Å². The Bertz CT molecular complexity index is 684. The number of hydrogen-bond acceptors (Lipinski definition) is 3. The second-order valence-corrected chi connectivity index (χ2v) is 6.41. The van der Waals surface area contributed by atoms with Crippen LogP contribution >= 0.6 is 0 Å². The van der Waals surface area contributed by atoms with E-state index < -0.39 is 10.0 Å². The van der Waals surface area contributed by atoms with Crippen LogP contribution < -0.4 is 10.5 Å². The largest absolute Gasteiger partial charge is 0.310 e. The van der Waals surface area contributed by atoms with Crippen molar-refractivity contribution < 1.29 is 8.42 Å². The predicted molar refractivity (Wildman–Crippen MR) is 84.4 cm³/mol. The topological polar surface area (TPSA) is 72.2 Å². The fourth-order valence-electron chi connectivity index (χ4n) is 2.41. The lowest BCUT2D eigenvalue weighted by Gasteiger charge is -2.19. The van der Waals surface area contributed by atoms with Crippen molar-refractivity contribution in [1.82, 2.24) is 5.32 Å². The Morgan fingerprint density at radius 2 is 1.67 bits per heavy atom. The van der Waals surface area contributed by atoms with Gasteiger partial charge in [0.15, 0.2) is 0 Å². The van der Waals surface area contributed by atoms with Gasteiger partial charge in [0.1, 0.15) is 0 Å². The molecular formula is C16H20N2O2S. The van der Waals surface area contributed by atoms with Crippen LogP contribution in [-0.4, -0.2) is 15.0 Å². The molecule has 1 unspecified atom stereocenters. The Balaban J connectivity index is 2.35. The van der Waals surface area contributed by atoms with Gasteiger partial charge in [0.2, 0.25) is 10.0 Å². The Kier molecular flexibility index (Phi) is 5.12. The summed E-state index contributed by atoms with van der Waals surface area (Å²) in [6.07, 6.45) is 0.574. The van der Waals surface area contributed by atoms with E-state index >= 15 is 0 Å². The zero-order valence-electron chi connectivity index (χ0n) is 12.0. The van der Waals surface area contributed by atoms with E-state index in [2.05, 4.69) is 5.32 Å². The summed E-state index contributed by atoms with van der Waals surface area (Å²) in [6.45, 7) is 2.83. The minimum Gasteiger partial charge on any atom is -0.310 e. The number of sulfonamides is 1. The Morgan fingerprint density at radius 3 is 2.29 bits per heavy atom. The van der Waals surface area contributed by atoms with E-state index in [9.17, 15) is 8.42 Å². The summed E-state index contributed by atoms with van der Waals surface area (Å²) in [4.78, 5) is 0.198. The van der Waals surface area contributed by atoms with Gasteiger partial charge in [-0.05, 0) is 30.2 Å². The van der Waals surface area contributed by atoms with E-state index in [0.717, 1.165) is 17.7 Å². The van der Waals surface area contributed by atoms with Crippen LogP contribution in [0.5, 0.6) is 0 Å². The van der Waals surface area contributed by atoms with Gasteiger partial charge in [-0.1, -0.05) is 55.5 Å². The first-order valence-corrected chi connectivity index (χ1v) is 8.46. The van der Waals surface area contributed by atoms with E-state index in [1.54, 1.807) is 12.1 Å². The maximum Gasteiger partial charge on any atom is 0.238 e. The highest BCUT2D eigenvalue weighted by Gasteiger charge is 2.17. The fourth-order valence-corrected chi connectivity index (χ4v) is 3.19. The number of nitrogens with two attached hydrogens (primary N) is 1. The van der Waals surface area contributed by atoms with Crippen LogP contribution in [-0.2, 0) is 16.4 Å². The molecule has 0 radical (unpaired) electrons. The summed E-state index contributed by atoms with van der Waals surface area (Å²) in [5.74, 6) is 0. The molecule has 0 heterocycles. The molecule has 2 rings (SSSR count). The summed E-state index contributed by atoms with van der Waals surface area (Å²) in [6, 6.07) is 16.9. The number of hydrogen-bond donors (Lipinski definition) is 2. The maximum absolute atomic E-state index is 11.7. The standard InChI is InChI=1S/C16H20N2O2S/c1-2-18-15(13-8-4-3-5-9-13)12-14-10-6-7-11-16(14)21(17,19)20/h3-11,15,18H,2,12H2,1H3,(H2,17,19,20). The first-order valence-electron chi connectivity index (χ1n) is 6.91. The van der Waals surface area contributed by atoms with Gasteiger partial charge in [-0.2, -0.15) is 0 Å². The molecule has 0 aliphatic carbocycles. The lowest BCUT2D eigenvalue weighted by Crippen LogP contribution is -2.24. The second-order valence-electron chi connectivity index (χ2n) is 4.88. The van der Waals surface area contributed by atoms with Gasteiger partial charge < -0.3 is 5.32 Å². The number of nitrogens with one attached hydrogen (secondary N) is 1. The van der Waals surface area contributed by atoms with Crippen LogP contribution in [0.2, 0.25) is 0 Å². The van der Waals surface area contributed by atoms with Crippen molar-refractivity contribution in [2.75, 3.05) is 6.54 Å². The highest BCUT2D eigenvalue weighted by molar-refractivity contribution is 7.89. The van der Waals surface area contributed by atoms with Crippen molar-refractivity contribution in [3.8, 4) is 0 Å². The smallest absolute Gasteiger partial charge is 0.238 e. The second kappa shape index (κ2) is 6.85. The number of benzene rings is 2. The van der Waals surface area contributed by atoms with E-state index in [1.807, 2.05) is 49.4 Å². The summed E-state index contributed by atoms with van der Waals surface area (Å²) >= 11 is 0. The highest BCUT2D eigenvalue weighted by atomic mass is 32.2. The van der Waals surface area contributed by atoms with Crippen LogP contribution in [0.3, 0.4) is 0 Å². The highest BCUT2D eigenvalue weighted by Crippen LogP contribution is 2.22. The molecule has 2 aromatic carbocycles. The van der Waals surface area contributed by atoms with Crippen molar-refractivity contribution >= 4 is 10.0 Å². The van der Waals surface area contributed by atoms with Crippen LogP contribution in [0.25, 0.3) is 0 Å². The predicted octanol–water partition coefficient (Wildman–Crippen LogP) is 2.23. The number of likely N-dealkylation sites (N-methyl/N-ethyl adjacent to an activating group) is 1. The molecule has 21 heavy (non-hydrogen) atoms. The fraction of sp³-hybridized carbons (Fsp3) is 0.250. The summed E-state index contributed by atoms with van der Waals surface area (Å²) in [7, 11) is -3.70. The molecule has 4 nitrogen and oxygen atoms in total. The normalized spacial score (nSPS) is 13.0. The maximum atomic E-state index is 11.7. The minimum absolute atomic E-state index is 0.0547. The van der Waals surface area contributed by atoms with Crippen molar-refractivity contribution in [2.24, 2.45) is 5.14 Å². The minimum atomic E-state index is -3.70. The van der Waals surface area contributed by atoms with Gasteiger partial charge in [-0.25, -0.2) is 13.6 Å².